The Bertz CT molecular complexity index is 1000. The van der Waals surface area contributed by atoms with E-state index < -0.39 is 21.7 Å². The highest BCUT2D eigenvalue weighted by atomic mass is 32.2. The Morgan fingerprint density at radius 3 is 2.48 bits per heavy atom. The molecular formula is C20H22FN3O4S. The maximum Gasteiger partial charge on any atom is 0.262 e. The van der Waals surface area contributed by atoms with Gasteiger partial charge in [0.15, 0.2) is 0 Å². The smallest absolute Gasteiger partial charge is 0.262 e. The molecule has 2 aromatic carbocycles. The molecule has 1 heterocycles. The number of nitrogens with one attached hydrogen (secondary N) is 2. The van der Waals surface area contributed by atoms with Gasteiger partial charge in [0, 0.05) is 31.6 Å². The van der Waals surface area contributed by atoms with Gasteiger partial charge in [0.1, 0.15) is 5.82 Å². The molecule has 0 aromatic heterocycles. The van der Waals surface area contributed by atoms with Crippen molar-refractivity contribution in [2.75, 3.05) is 24.4 Å². The first-order valence-electron chi connectivity index (χ1n) is 9.30. The van der Waals surface area contributed by atoms with Crippen molar-refractivity contribution in [2.24, 2.45) is 0 Å². The Hall–Kier alpha value is -2.94. The number of nitrogens with zero attached hydrogens (tertiary/aromatic N) is 1. The van der Waals surface area contributed by atoms with Crippen molar-refractivity contribution < 1.29 is 22.4 Å². The lowest BCUT2D eigenvalue weighted by Gasteiger charge is -2.15. The summed E-state index contributed by atoms with van der Waals surface area (Å²) >= 11 is 0. The van der Waals surface area contributed by atoms with Crippen molar-refractivity contribution in [1.82, 2.24) is 10.2 Å². The van der Waals surface area contributed by atoms with Crippen LogP contribution in [0.1, 0.15) is 29.6 Å². The van der Waals surface area contributed by atoms with Gasteiger partial charge in [-0.1, -0.05) is 18.2 Å². The number of likely N-dealkylation sites (tertiary alicyclic amines) is 1. The van der Waals surface area contributed by atoms with Crippen molar-refractivity contribution in [3.05, 3.63) is 59.9 Å². The molecule has 29 heavy (non-hydrogen) atoms. The maximum atomic E-state index is 13.7. The Balaban J connectivity index is 1.62. The number of carbonyl (C=O) groups is 2. The summed E-state index contributed by atoms with van der Waals surface area (Å²) in [4.78, 5) is 25.9. The third-order valence-corrected chi connectivity index (χ3v) is 5.97. The molecule has 0 radical (unpaired) electrons. The standard InChI is InChI=1S/C20H22FN3O4S/c21-17-8-1-2-9-18(17)23-29(27,28)16-7-5-6-15(14-16)20(26)22-11-10-19(25)24-12-3-4-13-24/h1-2,5-9,14,23H,3-4,10-13H2,(H,22,26). The van der Waals surface area contributed by atoms with Gasteiger partial charge in [-0.25, -0.2) is 12.8 Å². The van der Waals surface area contributed by atoms with E-state index in [0.29, 0.717) is 0 Å². The van der Waals surface area contributed by atoms with Crippen LogP contribution >= 0.6 is 0 Å². The number of hydrogen-bond donors (Lipinski definition) is 2. The van der Waals surface area contributed by atoms with E-state index in [9.17, 15) is 22.4 Å². The zero-order valence-corrected chi connectivity index (χ0v) is 16.5. The van der Waals surface area contributed by atoms with Crippen molar-refractivity contribution in [1.29, 1.82) is 0 Å². The third kappa shape index (κ3) is 5.32. The maximum absolute atomic E-state index is 13.7. The summed E-state index contributed by atoms with van der Waals surface area (Å²) < 4.78 is 41.0. The van der Waals surface area contributed by atoms with Gasteiger partial charge in [0.05, 0.1) is 10.6 Å². The molecule has 3 rings (SSSR count). The van der Waals surface area contributed by atoms with Crippen molar-refractivity contribution in [3.8, 4) is 0 Å². The van der Waals surface area contributed by atoms with Crippen LogP contribution in [0.5, 0.6) is 0 Å². The highest BCUT2D eigenvalue weighted by Crippen LogP contribution is 2.19. The summed E-state index contributed by atoms with van der Waals surface area (Å²) in [5.41, 5.74) is -0.0437. The molecule has 1 aliphatic heterocycles. The average Bonchev–Trinajstić information content (AvgIpc) is 3.24. The largest absolute Gasteiger partial charge is 0.352 e. The van der Waals surface area contributed by atoms with Gasteiger partial charge < -0.3 is 10.2 Å². The Labute approximate surface area is 169 Å². The summed E-state index contributed by atoms with van der Waals surface area (Å²) in [6, 6.07) is 10.8. The molecular weight excluding hydrogens is 397 g/mol. The molecule has 2 amide bonds. The number of para-hydroxylation sites is 1. The highest BCUT2D eigenvalue weighted by molar-refractivity contribution is 7.92. The lowest BCUT2D eigenvalue weighted by atomic mass is 10.2. The number of carbonyl (C=O) groups excluding carboxylic acids is 2. The summed E-state index contributed by atoms with van der Waals surface area (Å²) in [7, 11) is -4.07. The lowest BCUT2D eigenvalue weighted by Crippen LogP contribution is -2.32. The summed E-state index contributed by atoms with van der Waals surface area (Å²) in [6.07, 6.45) is 2.19. The molecule has 1 aliphatic rings. The highest BCUT2D eigenvalue weighted by Gasteiger charge is 2.19. The first kappa shape index (κ1) is 20.8. The monoisotopic (exact) mass is 419 g/mol. The average molecular weight is 419 g/mol. The molecule has 154 valence electrons. The van der Waals surface area contributed by atoms with Gasteiger partial charge in [-0.3, -0.25) is 14.3 Å². The zero-order valence-electron chi connectivity index (χ0n) is 15.7. The van der Waals surface area contributed by atoms with Crippen LogP contribution in [0.25, 0.3) is 0 Å². The number of anilines is 1. The van der Waals surface area contributed by atoms with E-state index in [4.69, 9.17) is 0 Å². The second-order valence-electron chi connectivity index (χ2n) is 6.71. The van der Waals surface area contributed by atoms with E-state index >= 15 is 0 Å². The van der Waals surface area contributed by atoms with Crippen molar-refractivity contribution in [2.45, 2.75) is 24.2 Å². The van der Waals surface area contributed by atoms with Gasteiger partial charge >= 0.3 is 0 Å². The van der Waals surface area contributed by atoms with Crippen LogP contribution in [0, 0.1) is 5.82 Å². The molecule has 0 atom stereocenters. The second-order valence-corrected chi connectivity index (χ2v) is 8.39. The molecule has 7 nitrogen and oxygen atoms in total. The van der Waals surface area contributed by atoms with Crippen LogP contribution in [0.4, 0.5) is 10.1 Å². The number of benzene rings is 2. The molecule has 1 fully saturated rings. The van der Waals surface area contributed by atoms with Gasteiger partial charge in [0.2, 0.25) is 5.91 Å². The summed E-state index contributed by atoms with van der Waals surface area (Å²) in [5, 5.41) is 2.63. The van der Waals surface area contributed by atoms with E-state index in [1.54, 1.807) is 4.90 Å². The Kier molecular flexibility index (Phi) is 6.48. The molecule has 1 saturated heterocycles. The molecule has 0 unspecified atom stereocenters. The number of sulfonamides is 1. The van der Waals surface area contributed by atoms with Gasteiger partial charge in [-0.2, -0.15) is 0 Å². The minimum absolute atomic E-state index is 0.00628. The molecule has 9 heteroatoms. The first-order valence-corrected chi connectivity index (χ1v) is 10.8. The van der Waals surface area contributed by atoms with Crippen molar-refractivity contribution >= 4 is 27.5 Å². The van der Waals surface area contributed by atoms with E-state index in [1.165, 1.54) is 42.5 Å². The summed E-state index contributed by atoms with van der Waals surface area (Å²) in [5.74, 6) is -1.19. The number of halogens is 1. The lowest BCUT2D eigenvalue weighted by molar-refractivity contribution is -0.129. The number of hydrogen-bond acceptors (Lipinski definition) is 4. The van der Waals surface area contributed by atoms with Crippen LogP contribution in [-0.4, -0.2) is 44.8 Å². The van der Waals surface area contributed by atoms with Gasteiger partial charge in [0.25, 0.3) is 15.9 Å². The van der Waals surface area contributed by atoms with E-state index in [2.05, 4.69) is 10.0 Å². The number of rotatable bonds is 7. The normalized spacial score (nSPS) is 13.9. The first-order chi connectivity index (χ1) is 13.9. The quantitative estimate of drug-likeness (QED) is 0.720. The van der Waals surface area contributed by atoms with Crippen LogP contribution in [0.15, 0.2) is 53.4 Å². The fourth-order valence-electron chi connectivity index (χ4n) is 3.06. The van der Waals surface area contributed by atoms with Crippen LogP contribution in [0.3, 0.4) is 0 Å². The Morgan fingerprint density at radius 1 is 1.03 bits per heavy atom. The molecule has 0 aliphatic carbocycles. The van der Waals surface area contributed by atoms with E-state index in [0.717, 1.165) is 32.0 Å². The predicted molar refractivity (Wildman–Crippen MR) is 106 cm³/mol. The van der Waals surface area contributed by atoms with E-state index in [-0.39, 0.29) is 35.0 Å². The van der Waals surface area contributed by atoms with Gasteiger partial charge in [-0.05, 0) is 43.2 Å². The Morgan fingerprint density at radius 2 is 1.76 bits per heavy atom. The topological polar surface area (TPSA) is 95.6 Å². The van der Waals surface area contributed by atoms with Crippen LogP contribution in [0.2, 0.25) is 0 Å². The number of amides is 2. The molecule has 0 saturated carbocycles. The minimum Gasteiger partial charge on any atom is -0.352 e. The molecule has 0 spiro atoms. The molecule has 2 N–H and O–H groups in total. The zero-order chi connectivity index (χ0) is 20.9. The minimum atomic E-state index is -4.07. The molecule has 2 aromatic rings. The predicted octanol–water partition coefficient (Wildman–Crippen LogP) is 2.37. The second kappa shape index (κ2) is 9.04. The fraction of sp³-hybridized carbons (Fsp3) is 0.300. The van der Waals surface area contributed by atoms with Gasteiger partial charge in [-0.15, -0.1) is 0 Å². The van der Waals surface area contributed by atoms with Crippen LogP contribution in [-0.2, 0) is 14.8 Å². The fourth-order valence-corrected chi connectivity index (χ4v) is 4.17. The SMILES string of the molecule is O=C(NCCC(=O)N1CCCC1)c1cccc(S(=O)(=O)Nc2ccccc2F)c1. The summed E-state index contributed by atoms with van der Waals surface area (Å²) in [6.45, 7) is 1.67. The third-order valence-electron chi connectivity index (χ3n) is 4.61. The van der Waals surface area contributed by atoms with E-state index in [1.807, 2.05) is 0 Å². The van der Waals surface area contributed by atoms with Crippen molar-refractivity contribution in [3.63, 3.8) is 0 Å². The van der Waals surface area contributed by atoms with Crippen LogP contribution < -0.4 is 10.0 Å². The molecule has 0 bridgehead atoms.